The van der Waals surface area contributed by atoms with Gasteiger partial charge in [0.2, 0.25) is 0 Å². The van der Waals surface area contributed by atoms with Crippen LogP contribution in [0.4, 0.5) is 8.78 Å². The van der Waals surface area contributed by atoms with Crippen LogP contribution in [0.1, 0.15) is 58.5 Å². The smallest absolute Gasteiger partial charge is 0.255 e. The minimum atomic E-state index is -1.08. The van der Waals surface area contributed by atoms with Gasteiger partial charge in [0.1, 0.15) is 11.6 Å². The molecule has 0 spiro atoms. The van der Waals surface area contributed by atoms with Crippen molar-refractivity contribution in [1.82, 2.24) is 20.5 Å². The van der Waals surface area contributed by atoms with Crippen LogP contribution in [0, 0.1) is 11.6 Å². The molecule has 1 heterocycles. The molecule has 2 atom stereocenters. The van der Waals surface area contributed by atoms with Crippen molar-refractivity contribution in [1.29, 1.82) is 0 Å². The minimum absolute atomic E-state index is 0.0125. The summed E-state index contributed by atoms with van der Waals surface area (Å²) in [7, 11) is 0. The van der Waals surface area contributed by atoms with Crippen LogP contribution in [0.15, 0.2) is 67.0 Å². The molecule has 0 bridgehead atoms. The number of nitrogens with zero attached hydrogens (tertiary/aromatic N) is 2. The van der Waals surface area contributed by atoms with Crippen LogP contribution in [0.2, 0.25) is 0 Å². The second-order valence-corrected chi connectivity index (χ2v) is 9.50. The Kier molecular flexibility index (Phi) is 11.5. The highest BCUT2D eigenvalue weighted by molar-refractivity contribution is 5.99. The van der Waals surface area contributed by atoms with Crippen molar-refractivity contribution in [3.8, 4) is 0 Å². The van der Waals surface area contributed by atoms with Gasteiger partial charge in [0.05, 0.1) is 23.3 Å². The second-order valence-electron chi connectivity index (χ2n) is 9.50. The van der Waals surface area contributed by atoms with E-state index in [2.05, 4.69) is 15.6 Å². The van der Waals surface area contributed by atoms with Gasteiger partial charge in [-0.15, -0.1) is 0 Å². The summed E-state index contributed by atoms with van der Waals surface area (Å²) in [5.41, 5.74) is 1.74. The van der Waals surface area contributed by atoms with E-state index in [-0.39, 0.29) is 30.0 Å². The zero-order valence-corrected chi connectivity index (χ0v) is 22.4. The molecule has 3 aromatic rings. The van der Waals surface area contributed by atoms with Gasteiger partial charge in [0, 0.05) is 44.6 Å². The van der Waals surface area contributed by atoms with Crippen LogP contribution >= 0.6 is 0 Å². The average molecular weight is 539 g/mol. The van der Waals surface area contributed by atoms with Crippen molar-refractivity contribution >= 4 is 11.8 Å². The highest BCUT2D eigenvalue weighted by Crippen LogP contribution is 2.14. The van der Waals surface area contributed by atoms with Crippen molar-refractivity contribution in [3.63, 3.8) is 0 Å². The third-order valence-corrected chi connectivity index (χ3v) is 6.21. The number of benzene rings is 2. The van der Waals surface area contributed by atoms with E-state index < -0.39 is 29.7 Å². The van der Waals surface area contributed by atoms with Crippen LogP contribution in [0.3, 0.4) is 0 Å². The van der Waals surface area contributed by atoms with Crippen LogP contribution in [-0.2, 0) is 13.0 Å². The third-order valence-electron chi connectivity index (χ3n) is 6.21. The highest BCUT2D eigenvalue weighted by atomic mass is 19.1. The van der Waals surface area contributed by atoms with E-state index in [1.807, 2.05) is 44.2 Å². The number of pyridine rings is 1. The maximum Gasteiger partial charge on any atom is 0.255 e. The Bertz CT molecular complexity index is 1200. The Morgan fingerprint density at radius 3 is 2.21 bits per heavy atom. The summed E-state index contributed by atoms with van der Waals surface area (Å²) in [6.07, 6.45) is 3.28. The summed E-state index contributed by atoms with van der Waals surface area (Å²) in [5, 5.41) is 16.9. The normalized spacial score (nSPS) is 12.5. The Labute approximate surface area is 228 Å². The fourth-order valence-corrected chi connectivity index (χ4v) is 4.34. The maximum atomic E-state index is 13.8. The van der Waals surface area contributed by atoms with Gasteiger partial charge in [0.15, 0.2) is 0 Å². The summed E-state index contributed by atoms with van der Waals surface area (Å²) in [6.45, 7) is 5.78. The molecule has 2 amide bonds. The van der Waals surface area contributed by atoms with E-state index in [0.717, 1.165) is 24.5 Å². The first-order chi connectivity index (χ1) is 18.8. The molecule has 9 heteroatoms. The molecule has 39 heavy (non-hydrogen) atoms. The number of carbonyl (C=O) groups excluding carboxylic acids is 2. The summed E-state index contributed by atoms with van der Waals surface area (Å²) in [5.74, 6) is -2.26. The van der Waals surface area contributed by atoms with Crippen molar-refractivity contribution in [2.45, 2.75) is 51.8 Å². The monoisotopic (exact) mass is 538 g/mol. The second kappa shape index (κ2) is 15.0. The number of carbonyl (C=O) groups is 2. The van der Waals surface area contributed by atoms with Gasteiger partial charge in [-0.05, 0) is 48.6 Å². The fraction of sp³-hybridized carbons (Fsp3) is 0.367. The lowest BCUT2D eigenvalue weighted by Crippen LogP contribution is -2.48. The first kappa shape index (κ1) is 29.9. The van der Waals surface area contributed by atoms with E-state index in [0.29, 0.717) is 25.2 Å². The molecule has 2 unspecified atom stereocenters. The topological polar surface area (TPSA) is 94.6 Å². The Morgan fingerprint density at radius 2 is 1.56 bits per heavy atom. The highest BCUT2D eigenvalue weighted by Gasteiger charge is 2.24. The van der Waals surface area contributed by atoms with Gasteiger partial charge in [-0.2, -0.15) is 0 Å². The molecule has 0 aliphatic rings. The number of aromatic nitrogens is 1. The molecule has 2 aromatic carbocycles. The Hall–Kier alpha value is -3.69. The van der Waals surface area contributed by atoms with Gasteiger partial charge in [0.25, 0.3) is 11.8 Å². The van der Waals surface area contributed by atoms with Gasteiger partial charge in [-0.1, -0.05) is 44.2 Å². The third kappa shape index (κ3) is 9.23. The SMILES string of the molecule is CCCN(CCC)C(=O)c1cncc(C(=O)NC(Cc2cc(F)cc(F)c2)C(O)CNCc2ccccc2)c1. The molecular formula is C30H36F2N4O3. The number of rotatable bonds is 14. The first-order valence-electron chi connectivity index (χ1n) is 13.2. The fourth-order valence-electron chi connectivity index (χ4n) is 4.34. The average Bonchev–Trinajstić information content (AvgIpc) is 2.92. The van der Waals surface area contributed by atoms with Gasteiger partial charge >= 0.3 is 0 Å². The maximum absolute atomic E-state index is 13.8. The molecule has 1 aromatic heterocycles. The molecular weight excluding hydrogens is 502 g/mol. The summed E-state index contributed by atoms with van der Waals surface area (Å²) in [6, 6.07) is 13.3. The molecule has 0 aliphatic heterocycles. The molecule has 208 valence electrons. The zero-order chi connectivity index (χ0) is 28.2. The predicted octanol–water partition coefficient (Wildman–Crippen LogP) is 4.11. The van der Waals surface area contributed by atoms with Crippen LogP contribution in [0.5, 0.6) is 0 Å². The number of aliphatic hydroxyl groups is 1. The van der Waals surface area contributed by atoms with Crippen molar-refractivity contribution in [2.24, 2.45) is 0 Å². The number of nitrogens with one attached hydrogen (secondary N) is 2. The lowest BCUT2D eigenvalue weighted by molar-refractivity contribution is 0.0755. The number of aliphatic hydroxyl groups excluding tert-OH is 1. The van der Waals surface area contributed by atoms with Crippen LogP contribution in [0.25, 0.3) is 0 Å². The van der Waals surface area contributed by atoms with Crippen LogP contribution in [-0.4, -0.2) is 58.6 Å². The quantitative estimate of drug-likeness (QED) is 0.287. The Balaban J connectivity index is 1.76. The Morgan fingerprint density at radius 1 is 0.923 bits per heavy atom. The molecule has 3 rings (SSSR count). The molecule has 7 nitrogen and oxygen atoms in total. The number of hydrogen-bond donors (Lipinski definition) is 3. The molecule has 0 saturated heterocycles. The number of hydrogen-bond acceptors (Lipinski definition) is 5. The van der Waals surface area contributed by atoms with Crippen molar-refractivity contribution in [2.75, 3.05) is 19.6 Å². The van der Waals surface area contributed by atoms with Gasteiger partial charge in [-0.25, -0.2) is 8.78 Å². The molecule has 3 N–H and O–H groups in total. The summed E-state index contributed by atoms with van der Waals surface area (Å²) < 4.78 is 27.7. The lowest BCUT2D eigenvalue weighted by atomic mass is 10.00. The first-order valence-corrected chi connectivity index (χ1v) is 13.2. The molecule has 0 radical (unpaired) electrons. The van der Waals surface area contributed by atoms with Crippen molar-refractivity contribution < 1.29 is 23.5 Å². The lowest BCUT2D eigenvalue weighted by Gasteiger charge is -2.25. The molecule has 0 saturated carbocycles. The number of amides is 2. The van der Waals surface area contributed by atoms with Crippen LogP contribution < -0.4 is 10.6 Å². The standard InChI is InChI=1S/C30H36F2N4O3/c1-3-10-36(11-4-2)30(39)24-15-23(18-34-19-24)29(38)35-27(14-22-12-25(31)16-26(32)13-22)28(37)20-33-17-21-8-6-5-7-9-21/h5-9,12-13,15-16,18-19,27-28,33,37H,3-4,10-11,14,17,20H2,1-2H3,(H,35,38). The van der Waals surface area contributed by atoms with Crippen molar-refractivity contribution in [3.05, 3.63) is 101 Å². The largest absolute Gasteiger partial charge is 0.390 e. The summed E-state index contributed by atoms with van der Waals surface area (Å²) in [4.78, 5) is 32.0. The van der Waals surface area contributed by atoms with Gasteiger partial charge < -0.3 is 20.6 Å². The molecule has 0 fully saturated rings. The van der Waals surface area contributed by atoms with E-state index in [9.17, 15) is 23.5 Å². The van der Waals surface area contributed by atoms with E-state index in [1.54, 1.807) is 4.90 Å². The van der Waals surface area contributed by atoms with E-state index >= 15 is 0 Å². The van der Waals surface area contributed by atoms with E-state index in [1.165, 1.54) is 30.6 Å². The zero-order valence-electron chi connectivity index (χ0n) is 22.4. The minimum Gasteiger partial charge on any atom is -0.390 e. The molecule has 0 aliphatic carbocycles. The van der Waals surface area contributed by atoms with E-state index in [4.69, 9.17) is 0 Å². The number of halogens is 2. The van der Waals surface area contributed by atoms with Gasteiger partial charge in [-0.3, -0.25) is 14.6 Å². The predicted molar refractivity (Wildman–Crippen MR) is 146 cm³/mol. The summed E-state index contributed by atoms with van der Waals surface area (Å²) >= 11 is 0.